The van der Waals surface area contributed by atoms with Crippen LogP contribution in [0.1, 0.15) is 41.7 Å². The summed E-state index contributed by atoms with van der Waals surface area (Å²) in [6.07, 6.45) is 7.29. The quantitative estimate of drug-likeness (QED) is 0.321. The van der Waals surface area contributed by atoms with Crippen LogP contribution in [0.2, 0.25) is 0 Å². The number of nitrogens with zero attached hydrogens (tertiary/aromatic N) is 5. The lowest BCUT2D eigenvalue weighted by Gasteiger charge is -2.31. The van der Waals surface area contributed by atoms with Gasteiger partial charge in [0, 0.05) is 68.6 Å². The summed E-state index contributed by atoms with van der Waals surface area (Å²) in [5.41, 5.74) is 9.06. The summed E-state index contributed by atoms with van der Waals surface area (Å²) >= 11 is 0. The van der Waals surface area contributed by atoms with E-state index in [9.17, 15) is 14.4 Å². The molecule has 0 atom stereocenters. The molecule has 41 heavy (non-hydrogen) atoms. The van der Waals surface area contributed by atoms with E-state index in [0.29, 0.717) is 56.7 Å². The fourth-order valence-electron chi connectivity index (χ4n) is 4.97. The van der Waals surface area contributed by atoms with Crippen LogP contribution in [-0.2, 0) is 23.0 Å². The number of primary amides is 1. The van der Waals surface area contributed by atoms with E-state index in [0.717, 1.165) is 22.5 Å². The number of aryl methyl sites for hydroxylation is 2. The molecule has 11 heteroatoms. The number of carbonyl (C=O) groups is 3. The van der Waals surface area contributed by atoms with Gasteiger partial charge in [0.05, 0.1) is 11.9 Å². The van der Waals surface area contributed by atoms with Crippen molar-refractivity contribution in [3.8, 4) is 16.8 Å². The largest absolute Gasteiger partial charge is 0.446 e. The highest BCUT2D eigenvalue weighted by Crippen LogP contribution is 2.22. The molecule has 0 bridgehead atoms. The second-order valence-corrected chi connectivity index (χ2v) is 10.1. The third-order valence-electron chi connectivity index (χ3n) is 7.08. The number of nitrogens with one attached hydrogen (secondary N) is 1. The Hall–Kier alpha value is -4.93. The number of carbonyl (C=O) groups excluding carboxylic acids is 3. The van der Waals surface area contributed by atoms with Gasteiger partial charge in [0.25, 0.3) is 5.91 Å². The van der Waals surface area contributed by atoms with E-state index < -0.39 is 6.09 Å². The smallest absolute Gasteiger partial charge is 0.404 e. The molecule has 1 fully saturated rings. The van der Waals surface area contributed by atoms with E-state index in [1.807, 2.05) is 72.5 Å². The summed E-state index contributed by atoms with van der Waals surface area (Å²) in [5.74, 6) is 0.196. The van der Waals surface area contributed by atoms with Crippen molar-refractivity contribution in [2.24, 2.45) is 12.8 Å². The minimum absolute atomic E-state index is 0.0621. The molecule has 5 rings (SSSR count). The monoisotopic (exact) mass is 555 g/mol. The standard InChI is InChI=1S/C30H33N7O4/c1-35-19-23(18-32-35)21-7-5-8-22(17-21)28(39)34-30-33-24(20-37(30)25-10-3-2-4-11-25)9-6-12-27(38)36-15-13-26(14-16-36)41-29(31)40/h2-5,7-8,10-11,17-20,26H,6,9,12-16H2,1H3,(H2,31,40)(H,33,34,39). The van der Waals surface area contributed by atoms with Crippen molar-refractivity contribution in [1.29, 1.82) is 0 Å². The molecule has 1 saturated heterocycles. The fourth-order valence-corrected chi connectivity index (χ4v) is 4.97. The number of hydrogen-bond donors (Lipinski definition) is 2. The highest BCUT2D eigenvalue weighted by atomic mass is 16.6. The average molecular weight is 556 g/mol. The van der Waals surface area contributed by atoms with Crippen molar-refractivity contribution in [1.82, 2.24) is 24.2 Å². The van der Waals surface area contributed by atoms with Gasteiger partial charge < -0.3 is 15.4 Å². The van der Waals surface area contributed by atoms with Gasteiger partial charge in [-0.25, -0.2) is 9.78 Å². The van der Waals surface area contributed by atoms with Gasteiger partial charge in [0.15, 0.2) is 0 Å². The molecule has 1 aliphatic rings. The molecule has 11 nitrogen and oxygen atoms in total. The summed E-state index contributed by atoms with van der Waals surface area (Å²) in [5, 5.41) is 7.19. The number of anilines is 1. The lowest BCUT2D eigenvalue weighted by atomic mass is 10.1. The van der Waals surface area contributed by atoms with Crippen LogP contribution in [-0.4, -0.2) is 61.3 Å². The molecule has 2 aromatic carbocycles. The summed E-state index contributed by atoms with van der Waals surface area (Å²) in [6, 6.07) is 17.0. The van der Waals surface area contributed by atoms with Gasteiger partial charge in [-0.15, -0.1) is 0 Å². The third-order valence-corrected chi connectivity index (χ3v) is 7.08. The number of benzene rings is 2. The number of ether oxygens (including phenoxy) is 1. The molecule has 0 radical (unpaired) electrons. The van der Waals surface area contributed by atoms with Gasteiger partial charge in [-0.05, 0) is 42.7 Å². The molecular formula is C30H33N7O4. The Labute approximate surface area is 237 Å². The van der Waals surface area contributed by atoms with Crippen LogP contribution < -0.4 is 11.1 Å². The van der Waals surface area contributed by atoms with Crippen molar-refractivity contribution in [2.75, 3.05) is 18.4 Å². The number of imidazole rings is 1. The first-order valence-electron chi connectivity index (χ1n) is 13.6. The zero-order valence-electron chi connectivity index (χ0n) is 22.9. The van der Waals surface area contributed by atoms with Crippen molar-refractivity contribution in [2.45, 2.75) is 38.2 Å². The van der Waals surface area contributed by atoms with Crippen LogP contribution >= 0.6 is 0 Å². The van der Waals surface area contributed by atoms with E-state index in [1.165, 1.54) is 0 Å². The van der Waals surface area contributed by atoms with E-state index in [1.54, 1.807) is 21.8 Å². The van der Waals surface area contributed by atoms with Gasteiger partial charge in [-0.1, -0.05) is 30.3 Å². The SMILES string of the molecule is Cn1cc(-c2cccc(C(=O)Nc3nc(CCCC(=O)N4CCC(OC(N)=O)CC4)cn3-c3ccccc3)c2)cn1. The van der Waals surface area contributed by atoms with Crippen molar-refractivity contribution in [3.63, 3.8) is 0 Å². The van der Waals surface area contributed by atoms with Gasteiger partial charge in [0.2, 0.25) is 11.9 Å². The Kier molecular flexibility index (Phi) is 8.42. The molecule has 0 saturated carbocycles. The first-order chi connectivity index (χ1) is 19.9. The number of amides is 3. The van der Waals surface area contributed by atoms with E-state index in [2.05, 4.69) is 10.4 Å². The van der Waals surface area contributed by atoms with Gasteiger partial charge >= 0.3 is 6.09 Å². The second-order valence-electron chi connectivity index (χ2n) is 10.1. The molecule has 3 N–H and O–H groups in total. The highest BCUT2D eigenvalue weighted by molar-refractivity contribution is 6.04. The lowest BCUT2D eigenvalue weighted by molar-refractivity contribution is -0.133. The molecule has 1 aliphatic heterocycles. The highest BCUT2D eigenvalue weighted by Gasteiger charge is 2.24. The number of para-hydroxylation sites is 1. The van der Waals surface area contributed by atoms with Crippen LogP contribution in [0.3, 0.4) is 0 Å². The Morgan fingerprint density at radius 3 is 2.51 bits per heavy atom. The average Bonchev–Trinajstić information content (AvgIpc) is 3.59. The van der Waals surface area contributed by atoms with Crippen LogP contribution in [0, 0.1) is 0 Å². The first kappa shape index (κ1) is 27.6. The molecule has 3 amide bonds. The molecule has 212 valence electrons. The van der Waals surface area contributed by atoms with Crippen LogP contribution in [0.5, 0.6) is 0 Å². The minimum Gasteiger partial charge on any atom is -0.446 e. The summed E-state index contributed by atoms with van der Waals surface area (Å²) in [6.45, 7) is 1.08. The Morgan fingerprint density at radius 2 is 1.80 bits per heavy atom. The van der Waals surface area contributed by atoms with E-state index >= 15 is 0 Å². The maximum atomic E-state index is 13.3. The molecule has 0 unspecified atom stereocenters. The summed E-state index contributed by atoms with van der Waals surface area (Å²) < 4.78 is 8.62. The molecule has 2 aromatic heterocycles. The predicted molar refractivity (Wildman–Crippen MR) is 153 cm³/mol. The number of nitrogens with two attached hydrogens (primary N) is 1. The number of rotatable bonds is 9. The van der Waals surface area contributed by atoms with Crippen molar-refractivity contribution >= 4 is 23.9 Å². The minimum atomic E-state index is -0.779. The Morgan fingerprint density at radius 1 is 1.02 bits per heavy atom. The normalized spacial score (nSPS) is 13.6. The maximum absolute atomic E-state index is 13.3. The zero-order chi connectivity index (χ0) is 28.8. The number of likely N-dealkylation sites (tertiary alicyclic amines) is 1. The van der Waals surface area contributed by atoms with E-state index in [4.69, 9.17) is 15.5 Å². The van der Waals surface area contributed by atoms with Crippen LogP contribution in [0.4, 0.5) is 10.7 Å². The lowest BCUT2D eigenvalue weighted by Crippen LogP contribution is -2.41. The van der Waals surface area contributed by atoms with Crippen LogP contribution in [0.15, 0.2) is 73.2 Å². The first-order valence-corrected chi connectivity index (χ1v) is 13.6. The Bertz CT molecular complexity index is 1520. The topological polar surface area (TPSA) is 137 Å². The number of hydrogen-bond acceptors (Lipinski definition) is 6. The number of piperidine rings is 1. The summed E-state index contributed by atoms with van der Waals surface area (Å²) in [7, 11) is 1.85. The van der Waals surface area contributed by atoms with Crippen molar-refractivity contribution < 1.29 is 19.1 Å². The van der Waals surface area contributed by atoms with Crippen LogP contribution in [0.25, 0.3) is 16.8 Å². The molecule has 3 heterocycles. The molecular weight excluding hydrogens is 522 g/mol. The number of aromatic nitrogens is 4. The Balaban J connectivity index is 1.24. The molecule has 4 aromatic rings. The second kappa shape index (κ2) is 12.5. The van der Waals surface area contributed by atoms with Gasteiger partial charge in [-0.2, -0.15) is 5.10 Å². The molecule has 0 aliphatic carbocycles. The molecule has 0 spiro atoms. The van der Waals surface area contributed by atoms with Crippen molar-refractivity contribution in [3.05, 3.63) is 84.4 Å². The van der Waals surface area contributed by atoms with Gasteiger partial charge in [-0.3, -0.25) is 24.2 Å². The fraction of sp³-hybridized carbons (Fsp3) is 0.300. The zero-order valence-corrected chi connectivity index (χ0v) is 22.9. The third kappa shape index (κ3) is 6.99. The van der Waals surface area contributed by atoms with E-state index in [-0.39, 0.29) is 17.9 Å². The summed E-state index contributed by atoms with van der Waals surface area (Å²) in [4.78, 5) is 43.5. The van der Waals surface area contributed by atoms with Gasteiger partial charge in [0.1, 0.15) is 6.10 Å². The predicted octanol–water partition coefficient (Wildman–Crippen LogP) is 3.93. The maximum Gasteiger partial charge on any atom is 0.404 e.